The Morgan fingerprint density at radius 3 is 2.12 bits per heavy atom. The highest BCUT2D eigenvalue weighted by Gasteiger charge is 2.75. The molecule has 0 aromatic heterocycles. The third kappa shape index (κ3) is 6.91. The largest absolute Gasteiger partial charge is 0.394 e. The first-order valence-corrected chi connectivity index (χ1v) is 22.6. The summed E-state index contributed by atoms with van der Waals surface area (Å²) in [5, 5.41) is 98.7. The minimum atomic E-state index is -1.74. The van der Waals surface area contributed by atoms with Crippen molar-refractivity contribution in [3.63, 3.8) is 0 Å². The van der Waals surface area contributed by atoms with Crippen LogP contribution in [0.25, 0.3) is 0 Å². The average molecular weight is 857 g/mol. The topological polar surface area (TPSA) is 256 Å². The van der Waals surface area contributed by atoms with Crippen molar-refractivity contribution in [1.82, 2.24) is 0 Å². The number of rotatable bonds is 7. The Morgan fingerprint density at radius 1 is 0.717 bits per heavy atom. The molecule has 8 unspecified atom stereocenters. The SMILES string of the molecule is C[C@@H]1O[C@@H](O[C@@H]2[C@@H](O)[C@H](C)O[C@@H](O[C@@H]3[C@H](O)[C@@H](O)[C@H](OC4CCC5C(=CCC6C5CC[C@@]5(C)C6CC6OC7(CCCCO7)[C@@H](C)C65O)C4)O[C@@H]3CO)[C@@H]2O)[C@H](O)[C@H](O)[C@H]1O. The van der Waals surface area contributed by atoms with Gasteiger partial charge in [-0.05, 0) is 95.3 Å². The molecule has 4 aliphatic carbocycles. The van der Waals surface area contributed by atoms with Crippen molar-refractivity contribution in [2.24, 2.45) is 35.0 Å². The average Bonchev–Trinajstić information content (AvgIpc) is 3.59. The summed E-state index contributed by atoms with van der Waals surface area (Å²) in [6, 6.07) is 0. The van der Waals surface area contributed by atoms with E-state index in [1.165, 1.54) is 19.4 Å². The fourth-order valence-electron chi connectivity index (χ4n) is 13.4. The zero-order chi connectivity index (χ0) is 42.6. The summed E-state index contributed by atoms with van der Waals surface area (Å²) in [5.41, 5.74) is 0.149. The van der Waals surface area contributed by atoms with Gasteiger partial charge < -0.3 is 83.9 Å². The Hall–Kier alpha value is -0.940. The fourth-order valence-corrected chi connectivity index (χ4v) is 13.4. The zero-order valence-corrected chi connectivity index (χ0v) is 35.1. The van der Waals surface area contributed by atoms with Crippen LogP contribution in [0.5, 0.6) is 0 Å². The maximum absolute atomic E-state index is 12.6. The van der Waals surface area contributed by atoms with E-state index in [9.17, 15) is 46.0 Å². The maximum Gasteiger partial charge on any atom is 0.187 e. The van der Waals surface area contributed by atoms with Crippen molar-refractivity contribution in [3.8, 4) is 0 Å². The molecule has 342 valence electrons. The van der Waals surface area contributed by atoms with Crippen molar-refractivity contribution in [2.75, 3.05) is 13.2 Å². The molecule has 25 atom stereocenters. The molecule has 0 radical (unpaired) electrons. The smallest absolute Gasteiger partial charge is 0.187 e. The van der Waals surface area contributed by atoms with Gasteiger partial charge in [0.1, 0.15) is 66.6 Å². The third-order valence-corrected chi connectivity index (χ3v) is 16.9. The van der Waals surface area contributed by atoms with Crippen LogP contribution in [0, 0.1) is 35.0 Å². The molecule has 0 bridgehead atoms. The van der Waals surface area contributed by atoms with Gasteiger partial charge in [-0.1, -0.05) is 25.5 Å². The predicted octanol–water partition coefficient (Wildman–Crippen LogP) is -0.279. The minimum Gasteiger partial charge on any atom is -0.394 e. The summed E-state index contributed by atoms with van der Waals surface area (Å²) >= 11 is 0. The van der Waals surface area contributed by atoms with Crippen LogP contribution in [0.3, 0.4) is 0 Å². The molecule has 5 saturated heterocycles. The Bertz CT molecular complexity index is 1560. The number of aliphatic hydroxyl groups excluding tert-OH is 8. The monoisotopic (exact) mass is 856 g/mol. The Kier molecular flexibility index (Phi) is 12.2. The van der Waals surface area contributed by atoms with Gasteiger partial charge in [0.05, 0.1) is 37.6 Å². The second-order valence-electron chi connectivity index (χ2n) is 19.8. The molecule has 17 heteroatoms. The molecule has 0 aromatic carbocycles. The van der Waals surface area contributed by atoms with E-state index in [4.69, 9.17) is 37.9 Å². The van der Waals surface area contributed by atoms with Crippen LogP contribution >= 0.6 is 0 Å². The van der Waals surface area contributed by atoms with Crippen LogP contribution in [0.1, 0.15) is 91.9 Å². The van der Waals surface area contributed by atoms with Gasteiger partial charge in [0.25, 0.3) is 0 Å². The van der Waals surface area contributed by atoms with E-state index in [1.54, 1.807) is 0 Å². The van der Waals surface area contributed by atoms with E-state index in [2.05, 4.69) is 19.9 Å². The Morgan fingerprint density at radius 2 is 1.40 bits per heavy atom. The first-order chi connectivity index (χ1) is 28.5. The fraction of sp³-hybridized carbons (Fsp3) is 0.953. The summed E-state index contributed by atoms with van der Waals surface area (Å²) in [7, 11) is 0. The highest BCUT2D eigenvalue weighted by atomic mass is 16.8. The number of hydrogen-bond donors (Lipinski definition) is 9. The number of ether oxygens (including phenoxy) is 8. The lowest BCUT2D eigenvalue weighted by atomic mass is 9.50. The summed E-state index contributed by atoms with van der Waals surface area (Å²) in [4.78, 5) is 0. The van der Waals surface area contributed by atoms with Crippen molar-refractivity contribution in [3.05, 3.63) is 11.6 Å². The lowest BCUT2D eigenvalue weighted by Gasteiger charge is -2.56. The molecule has 60 heavy (non-hydrogen) atoms. The predicted molar refractivity (Wildman–Crippen MR) is 205 cm³/mol. The summed E-state index contributed by atoms with van der Waals surface area (Å²) < 4.78 is 48.4. The minimum absolute atomic E-state index is 0.0978. The van der Waals surface area contributed by atoms with Crippen molar-refractivity contribution in [2.45, 2.75) is 208 Å². The van der Waals surface area contributed by atoms with Gasteiger partial charge in [-0.3, -0.25) is 0 Å². The van der Waals surface area contributed by atoms with E-state index >= 15 is 0 Å². The molecule has 1 spiro atoms. The Balaban J connectivity index is 0.822. The van der Waals surface area contributed by atoms with Gasteiger partial charge in [-0.15, -0.1) is 0 Å². The lowest BCUT2D eigenvalue weighted by Crippen LogP contribution is -2.66. The molecule has 0 amide bonds. The molecule has 9 N–H and O–H groups in total. The van der Waals surface area contributed by atoms with Gasteiger partial charge >= 0.3 is 0 Å². The van der Waals surface area contributed by atoms with Crippen molar-refractivity contribution in [1.29, 1.82) is 0 Å². The van der Waals surface area contributed by atoms with E-state index in [0.29, 0.717) is 43.1 Å². The zero-order valence-electron chi connectivity index (χ0n) is 35.1. The first-order valence-electron chi connectivity index (χ1n) is 22.6. The van der Waals surface area contributed by atoms with Crippen LogP contribution in [-0.2, 0) is 37.9 Å². The van der Waals surface area contributed by atoms with Crippen LogP contribution in [-0.4, -0.2) is 175 Å². The standard InChI is InChI=1S/C43H68O17/c1-18-29(45)31(47)33(49)38(54-18)59-37-30(46)19(2)55-40(35(37)51)58-36-27(17-44)57-39(34(50)32(36)48)56-22-8-10-23-21(15-22)7-9-25-24(23)11-13-41(4)26(25)16-28-43(41,52)20(3)42(60-28)12-5-6-14-53-42/h7,18-20,22-40,44-52H,5-6,8-17H2,1-4H3/t18-,19-,20+,22?,23?,24?,25?,26?,27+,28?,29-,30-,31+,32+,33+,34+,35+,36-,37+,38-,39+,40-,41-,42?,43?/m0/s1. The van der Waals surface area contributed by atoms with E-state index in [1.807, 2.05) is 0 Å². The van der Waals surface area contributed by atoms with Crippen LogP contribution in [0.2, 0.25) is 0 Å². The van der Waals surface area contributed by atoms with Crippen molar-refractivity contribution >= 4 is 0 Å². The van der Waals surface area contributed by atoms with Gasteiger partial charge in [-0.25, -0.2) is 0 Å². The molecule has 9 rings (SSSR count). The normalized spacial score (nSPS) is 57.9. The maximum atomic E-state index is 12.6. The van der Waals surface area contributed by atoms with E-state index < -0.39 is 110 Å². The number of allylic oxidation sites excluding steroid dienone is 1. The molecule has 0 aromatic rings. The molecule has 5 heterocycles. The molecule has 17 nitrogen and oxygen atoms in total. The highest BCUT2D eigenvalue weighted by molar-refractivity contribution is 5.26. The quantitative estimate of drug-likeness (QED) is 0.149. The molecule has 5 aliphatic heterocycles. The number of aliphatic hydroxyl groups is 9. The van der Waals surface area contributed by atoms with Gasteiger partial charge in [0, 0.05) is 17.8 Å². The van der Waals surface area contributed by atoms with E-state index in [-0.39, 0.29) is 23.5 Å². The lowest BCUT2D eigenvalue weighted by molar-refractivity contribution is -0.378. The molecular weight excluding hydrogens is 788 g/mol. The highest BCUT2D eigenvalue weighted by Crippen LogP contribution is 2.70. The van der Waals surface area contributed by atoms with Crippen molar-refractivity contribution < 1.29 is 83.9 Å². The summed E-state index contributed by atoms with van der Waals surface area (Å²) in [6.45, 7) is 7.44. The second kappa shape index (κ2) is 16.5. The molecular formula is C43H68O17. The molecule has 8 fully saturated rings. The summed E-state index contributed by atoms with van der Waals surface area (Å²) in [6.07, 6.45) is -10.8. The summed E-state index contributed by atoms with van der Waals surface area (Å²) in [5.74, 6) is 0.898. The number of fused-ring (bicyclic) bond motifs is 7. The van der Waals surface area contributed by atoms with Gasteiger partial charge in [-0.2, -0.15) is 0 Å². The second-order valence-corrected chi connectivity index (χ2v) is 19.8. The van der Waals surface area contributed by atoms with E-state index in [0.717, 1.165) is 51.4 Å². The first kappa shape index (κ1) is 44.3. The van der Waals surface area contributed by atoms with Crippen LogP contribution < -0.4 is 0 Å². The number of hydrogen-bond acceptors (Lipinski definition) is 17. The van der Waals surface area contributed by atoms with Crippen LogP contribution in [0.4, 0.5) is 0 Å². The molecule has 3 saturated carbocycles. The Labute approximate surface area is 350 Å². The van der Waals surface area contributed by atoms with Gasteiger partial charge in [0.2, 0.25) is 0 Å². The van der Waals surface area contributed by atoms with Crippen LogP contribution in [0.15, 0.2) is 11.6 Å². The van der Waals surface area contributed by atoms with Gasteiger partial charge in [0.15, 0.2) is 24.7 Å². The molecule has 9 aliphatic rings. The third-order valence-electron chi connectivity index (χ3n) is 16.9.